The zero-order valence-electron chi connectivity index (χ0n) is 17.9. The molecule has 0 unspecified atom stereocenters. The summed E-state index contributed by atoms with van der Waals surface area (Å²) in [4.78, 5) is 31.0. The molecule has 174 valence electrons. The van der Waals surface area contributed by atoms with Gasteiger partial charge in [0.25, 0.3) is 0 Å². The maximum Gasteiger partial charge on any atom is 0.194 e. The van der Waals surface area contributed by atoms with Crippen LogP contribution in [0.3, 0.4) is 0 Å². The number of thiophene rings is 2. The van der Waals surface area contributed by atoms with E-state index in [1.54, 1.807) is 48.7 Å². The van der Waals surface area contributed by atoms with E-state index < -0.39 is 0 Å². The van der Waals surface area contributed by atoms with Gasteiger partial charge in [-0.05, 0) is 36.8 Å². The van der Waals surface area contributed by atoms with Gasteiger partial charge in [0, 0.05) is 35.6 Å². The number of carbonyl (C=O) groups is 2. The molecule has 3 aromatic heterocycles. The number of hydrogen-bond acceptors (Lipinski definition) is 8. The zero-order chi connectivity index (χ0) is 24.2. The summed E-state index contributed by atoms with van der Waals surface area (Å²) in [6.07, 6.45) is 2.27. The maximum atomic E-state index is 12.6. The lowest BCUT2D eigenvalue weighted by molar-refractivity contribution is 0.0982. The van der Waals surface area contributed by atoms with E-state index in [2.05, 4.69) is 10.1 Å². The molecule has 0 bridgehead atoms. The Hall–Kier alpha value is -2.78. The molecular formula is C24H18Cl2N2O4S2. The lowest BCUT2D eigenvalue weighted by atomic mass is 10.1. The maximum absolute atomic E-state index is 12.6. The fourth-order valence-corrected chi connectivity index (χ4v) is 5.38. The van der Waals surface area contributed by atoms with Gasteiger partial charge in [-0.15, -0.1) is 22.7 Å². The van der Waals surface area contributed by atoms with Gasteiger partial charge in [-0.3, -0.25) is 14.6 Å². The van der Waals surface area contributed by atoms with E-state index in [0.717, 1.165) is 16.9 Å². The number of Topliss-reactive ketones (excluding diaryl/α,β-unsaturated/α-hetero) is 2. The standard InChI is InChI=1S/C24H18Cl2N2O4S2/c1-13(16-12-33-24(23(16)31)14-2-4-17(25)18(26)10-14)27-11-20(30)22-7-6-21(34-22)19(29)5-3-15-8-9-28-32-15/h2,4,6-10,12,31H,3,5,11H2,1H3. The Morgan fingerprint density at radius 2 is 1.85 bits per heavy atom. The SMILES string of the molecule is CC(=NCC(=O)c1ccc(C(=O)CCc2ccno2)s1)c1csc(-c2ccc(Cl)c(Cl)c2)c1O. The third-order valence-corrected chi connectivity index (χ3v) is 7.97. The highest BCUT2D eigenvalue weighted by atomic mass is 35.5. The van der Waals surface area contributed by atoms with Gasteiger partial charge in [0.1, 0.15) is 18.1 Å². The number of halogens is 2. The second-order valence-electron chi connectivity index (χ2n) is 7.35. The van der Waals surface area contributed by atoms with Crippen LogP contribution >= 0.6 is 45.9 Å². The molecule has 4 rings (SSSR count). The average molecular weight is 533 g/mol. The first kappa shape index (κ1) is 24.3. The van der Waals surface area contributed by atoms with Crippen molar-refractivity contribution in [3.63, 3.8) is 0 Å². The van der Waals surface area contributed by atoms with Crippen LogP contribution in [-0.2, 0) is 6.42 Å². The van der Waals surface area contributed by atoms with Crippen molar-refractivity contribution < 1.29 is 19.2 Å². The minimum absolute atomic E-state index is 0.0573. The van der Waals surface area contributed by atoms with Gasteiger partial charge in [0.2, 0.25) is 0 Å². The molecule has 0 atom stereocenters. The van der Waals surface area contributed by atoms with Crippen LogP contribution in [0, 0.1) is 0 Å². The number of ketones is 2. The van der Waals surface area contributed by atoms with E-state index in [1.165, 1.54) is 17.5 Å². The van der Waals surface area contributed by atoms with Crippen LogP contribution in [0.15, 0.2) is 57.5 Å². The molecule has 0 aliphatic carbocycles. The van der Waals surface area contributed by atoms with Crippen molar-refractivity contribution >= 4 is 63.2 Å². The average Bonchev–Trinajstić information content (AvgIpc) is 3.58. The molecule has 0 saturated heterocycles. The van der Waals surface area contributed by atoms with Crippen molar-refractivity contribution in [1.82, 2.24) is 5.16 Å². The van der Waals surface area contributed by atoms with Crippen molar-refractivity contribution in [3.05, 3.63) is 79.1 Å². The quantitative estimate of drug-likeness (QED) is 0.185. The molecule has 1 N–H and O–H groups in total. The van der Waals surface area contributed by atoms with Crippen LogP contribution in [-0.4, -0.2) is 34.1 Å². The second kappa shape index (κ2) is 10.7. The summed E-state index contributed by atoms with van der Waals surface area (Å²) in [5.74, 6) is 0.467. The Morgan fingerprint density at radius 1 is 1.09 bits per heavy atom. The molecule has 0 radical (unpaired) electrons. The lowest BCUT2D eigenvalue weighted by Crippen LogP contribution is -2.04. The summed E-state index contributed by atoms with van der Waals surface area (Å²) in [6, 6.07) is 10.2. The predicted molar refractivity (Wildman–Crippen MR) is 136 cm³/mol. The number of hydrogen-bond donors (Lipinski definition) is 1. The minimum Gasteiger partial charge on any atom is -0.506 e. The van der Waals surface area contributed by atoms with Crippen molar-refractivity contribution in [3.8, 4) is 16.2 Å². The molecule has 0 aliphatic rings. The normalized spacial score (nSPS) is 11.7. The number of nitrogens with zero attached hydrogens (tertiary/aromatic N) is 2. The highest BCUT2D eigenvalue weighted by Gasteiger charge is 2.17. The highest BCUT2D eigenvalue weighted by Crippen LogP contribution is 2.40. The summed E-state index contributed by atoms with van der Waals surface area (Å²) < 4.78 is 5.00. The van der Waals surface area contributed by atoms with Gasteiger partial charge >= 0.3 is 0 Å². The largest absolute Gasteiger partial charge is 0.506 e. The summed E-state index contributed by atoms with van der Waals surface area (Å²) in [5, 5.41) is 16.9. The van der Waals surface area contributed by atoms with Gasteiger partial charge < -0.3 is 9.63 Å². The first-order valence-electron chi connectivity index (χ1n) is 10.2. The molecule has 0 aliphatic heterocycles. The van der Waals surface area contributed by atoms with E-state index >= 15 is 0 Å². The lowest BCUT2D eigenvalue weighted by Gasteiger charge is -2.03. The molecular weight excluding hydrogens is 515 g/mol. The van der Waals surface area contributed by atoms with Crippen molar-refractivity contribution in [2.24, 2.45) is 4.99 Å². The van der Waals surface area contributed by atoms with Crippen molar-refractivity contribution in [2.75, 3.05) is 6.54 Å². The molecule has 0 spiro atoms. The van der Waals surface area contributed by atoms with Crippen LogP contribution < -0.4 is 0 Å². The third kappa shape index (κ3) is 5.47. The number of aryl methyl sites for hydroxylation is 1. The number of aromatic nitrogens is 1. The number of aromatic hydroxyl groups is 1. The van der Waals surface area contributed by atoms with Crippen molar-refractivity contribution in [1.29, 1.82) is 0 Å². The summed E-state index contributed by atoms with van der Waals surface area (Å²) in [5.41, 5.74) is 1.83. The molecule has 10 heteroatoms. The van der Waals surface area contributed by atoms with Gasteiger partial charge in [-0.25, -0.2) is 0 Å². The Labute approximate surface area is 213 Å². The summed E-state index contributed by atoms with van der Waals surface area (Å²) in [6.45, 7) is 1.65. The molecule has 1 aromatic carbocycles. The van der Waals surface area contributed by atoms with Crippen LogP contribution in [0.1, 0.15) is 44.0 Å². The first-order chi connectivity index (χ1) is 16.3. The number of benzene rings is 1. The first-order valence-corrected chi connectivity index (χ1v) is 12.6. The summed E-state index contributed by atoms with van der Waals surface area (Å²) in [7, 11) is 0. The van der Waals surface area contributed by atoms with Gasteiger partial charge in [-0.2, -0.15) is 0 Å². The third-order valence-electron chi connectivity index (χ3n) is 5.04. The number of aliphatic imine (C=N–C) groups is 1. The van der Waals surface area contributed by atoms with E-state index in [0.29, 0.717) is 48.1 Å². The summed E-state index contributed by atoms with van der Waals surface area (Å²) >= 11 is 14.6. The Bertz CT molecular complexity index is 1370. The van der Waals surface area contributed by atoms with Gasteiger partial charge in [0.15, 0.2) is 11.6 Å². The Morgan fingerprint density at radius 3 is 2.56 bits per heavy atom. The molecule has 4 aromatic rings. The molecule has 0 saturated carbocycles. The van der Waals surface area contributed by atoms with Crippen LogP contribution in [0.4, 0.5) is 0 Å². The highest BCUT2D eigenvalue weighted by molar-refractivity contribution is 7.16. The second-order valence-corrected chi connectivity index (χ2v) is 10.1. The fraction of sp³-hybridized carbons (Fsp3) is 0.167. The molecule has 6 nitrogen and oxygen atoms in total. The fourth-order valence-electron chi connectivity index (χ4n) is 3.17. The zero-order valence-corrected chi connectivity index (χ0v) is 21.0. The van der Waals surface area contributed by atoms with Gasteiger partial charge in [0.05, 0.1) is 30.9 Å². The van der Waals surface area contributed by atoms with Crippen LogP contribution in [0.25, 0.3) is 10.4 Å². The minimum atomic E-state index is -0.196. The van der Waals surface area contributed by atoms with Crippen molar-refractivity contribution in [2.45, 2.75) is 19.8 Å². The van der Waals surface area contributed by atoms with Crippen LogP contribution in [0.2, 0.25) is 10.0 Å². The predicted octanol–water partition coefficient (Wildman–Crippen LogP) is 6.98. The van der Waals surface area contributed by atoms with E-state index in [1.807, 2.05) is 0 Å². The molecule has 0 amide bonds. The van der Waals surface area contributed by atoms with E-state index in [9.17, 15) is 14.7 Å². The Kier molecular flexibility index (Phi) is 7.63. The Balaban J connectivity index is 1.41. The van der Waals surface area contributed by atoms with Crippen LogP contribution in [0.5, 0.6) is 5.75 Å². The molecule has 0 fully saturated rings. The topological polar surface area (TPSA) is 92.8 Å². The van der Waals surface area contributed by atoms with E-state index in [-0.39, 0.29) is 30.3 Å². The number of carbonyl (C=O) groups excluding carboxylic acids is 2. The molecule has 3 heterocycles. The van der Waals surface area contributed by atoms with E-state index in [4.69, 9.17) is 27.7 Å². The van der Waals surface area contributed by atoms with Gasteiger partial charge in [-0.1, -0.05) is 34.4 Å². The number of rotatable bonds is 9. The molecule has 34 heavy (non-hydrogen) atoms. The smallest absolute Gasteiger partial charge is 0.194 e. The monoisotopic (exact) mass is 532 g/mol.